The number of amides is 2. The quantitative estimate of drug-likeness (QED) is 0.683. The number of hydrogen-bond donors (Lipinski definition) is 2. The third-order valence-corrected chi connectivity index (χ3v) is 4.52. The Bertz CT molecular complexity index is 747. The van der Waals surface area contributed by atoms with E-state index >= 15 is 0 Å². The molecule has 0 bridgehead atoms. The molecule has 6 heteroatoms. The topological polar surface area (TPSA) is 58.2 Å². The average Bonchev–Trinajstić information content (AvgIpc) is 2.62. The Morgan fingerprint density at radius 2 is 1.84 bits per heavy atom. The first-order valence-electron chi connectivity index (χ1n) is 7.70. The van der Waals surface area contributed by atoms with Gasteiger partial charge in [-0.3, -0.25) is 9.59 Å². The van der Waals surface area contributed by atoms with Gasteiger partial charge in [0.25, 0.3) is 5.91 Å². The van der Waals surface area contributed by atoms with Gasteiger partial charge in [0.15, 0.2) is 0 Å². The van der Waals surface area contributed by atoms with E-state index in [1.807, 2.05) is 24.3 Å². The summed E-state index contributed by atoms with van der Waals surface area (Å²) in [7, 11) is 0. The molecule has 0 unspecified atom stereocenters. The Morgan fingerprint density at radius 3 is 2.56 bits per heavy atom. The van der Waals surface area contributed by atoms with Gasteiger partial charge in [0.05, 0.1) is 17.0 Å². The number of hydrogen-bond acceptors (Lipinski definition) is 3. The largest absolute Gasteiger partial charge is 0.349 e. The van der Waals surface area contributed by atoms with E-state index in [0.717, 1.165) is 5.56 Å². The van der Waals surface area contributed by atoms with Crippen LogP contribution in [-0.4, -0.2) is 24.1 Å². The minimum Gasteiger partial charge on any atom is -0.349 e. The fourth-order valence-electron chi connectivity index (χ4n) is 2.08. The normalized spacial score (nSPS) is 10.1. The van der Waals surface area contributed by atoms with Crippen LogP contribution >= 0.6 is 23.4 Å². The molecule has 0 fully saturated rings. The van der Waals surface area contributed by atoms with Gasteiger partial charge in [-0.25, -0.2) is 0 Å². The molecule has 2 rings (SSSR count). The highest BCUT2D eigenvalue weighted by atomic mass is 35.5. The summed E-state index contributed by atoms with van der Waals surface area (Å²) in [5.74, 6) is 0.615. The van der Waals surface area contributed by atoms with E-state index in [1.165, 1.54) is 11.8 Å². The number of halogens is 1. The Balaban J connectivity index is 1.88. The summed E-state index contributed by atoms with van der Waals surface area (Å²) >= 11 is 7.35. The molecule has 0 aromatic heterocycles. The summed E-state index contributed by atoms with van der Waals surface area (Å²) < 4.78 is 0. The molecule has 0 atom stereocenters. The molecule has 25 heavy (non-hydrogen) atoms. The zero-order valence-electron chi connectivity index (χ0n) is 13.6. The maximum atomic E-state index is 12.1. The van der Waals surface area contributed by atoms with E-state index < -0.39 is 0 Å². The lowest BCUT2D eigenvalue weighted by Crippen LogP contribution is -2.25. The standard InChI is InChI=1S/C19H19ClN2O2S/c1-2-11-21-19(24)16-5-3-4-6-17(16)22-18(23)13-25-12-14-7-9-15(20)10-8-14/h2-10H,1,11-13H2,(H,21,24)(H,22,23). The summed E-state index contributed by atoms with van der Waals surface area (Å²) in [6.07, 6.45) is 1.60. The monoisotopic (exact) mass is 374 g/mol. The number of carbonyl (C=O) groups excluding carboxylic acids is 2. The van der Waals surface area contributed by atoms with Gasteiger partial charge in [0.1, 0.15) is 0 Å². The molecular weight excluding hydrogens is 356 g/mol. The van der Waals surface area contributed by atoms with Gasteiger partial charge in [-0.05, 0) is 29.8 Å². The maximum absolute atomic E-state index is 12.1. The molecule has 2 aromatic rings. The molecule has 0 aliphatic rings. The van der Waals surface area contributed by atoms with Crippen LogP contribution in [0.2, 0.25) is 5.02 Å². The Labute approximate surface area is 156 Å². The molecule has 0 saturated carbocycles. The second-order valence-corrected chi connectivity index (χ2v) is 6.63. The molecule has 2 N–H and O–H groups in total. The molecule has 130 valence electrons. The molecule has 0 saturated heterocycles. The second-order valence-electron chi connectivity index (χ2n) is 5.21. The molecule has 0 aliphatic heterocycles. The number of thioether (sulfide) groups is 1. The lowest BCUT2D eigenvalue weighted by Gasteiger charge is -2.10. The van der Waals surface area contributed by atoms with Crippen molar-refractivity contribution >= 4 is 40.9 Å². The van der Waals surface area contributed by atoms with Gasteiger partial charge in [-0.2, -0.15) is 0 Å². The van der Waals surface area contributed by atoms with Crippen molar-refractivity contribution in [2.24, 2.45) is 0 Å². The zero-order chi connectivity index (χ0) is 18.1. The van der Waals surface area contributed by atoms with E-state index in [1.54, 1.807) is 30.3 Å². The van der Waals surface area contributed by atoms with E-state index in [-0.39, 0.29) is 11.8 Å². The van der Waals surface area contributed by atoms with Crippen molar-refractivity contribution in [2.45, 2.75) is 5.75 Å². The van der Waals surface area contributed by atoms with Gasteiger partial charge in [0.2, 0.25) is 5.91 Å². The fourth-order valence-corrected chi connectivity index (χ4v) is 2.99. The lowest BCUT2D eigenvalue weighted by molar-refractivity contribution is -0.113. The Morgan fingerprint density at radius 1 is 1.12 bits per heavy atom. The number of carbonyl (C=O) groups is 2. The lowest BCUT2D eigenvalue weighted by atomic mass is 10.1. The van der Waals surface area contributed by atoms with E-state index in [9.17, 15) is 9.59 Å². The number of benzene rings is 2. The van der Waals surface area contributed by atoms with Crippen LogP contribution in [0.4, 0.5) is 5.69 Å². The predicted molar refractivity (Wildman–Crippen MR) is 105 cm³/mol. The van der Waals surface area contributed by atoms with Gasteiger partial charge in [-0.1, -0.05) is 41.9 Å². The second kappa shape index (κ2) is 9.91. The molecule has 4 nitrogen and oxygen atoms in total. The summed E-state index contributed by atoms with van der Waals surface area (Å²) in [6, 6.07) is 14.5. The van der Waals surface area contributed by atoms with Crippen LogP contribution in [0.25, 0.3) is 0 Å². The fraction of sp³-hybridized carbons (Fsp3) is 0.158. The highest BCUT2D eigenvalue weighted by Crippen LogP contribution is 2.18. The van der Waals surface area contributed by atoms with E-state index in [0.29, 0.717) is 34.3 Å². The minimum absolute atomic E-state index is 0.150. The third kappa shape index (κ3) is 6.29. The molecule has 0 heterocycles. The first-order chi connectivity index (χ1) is 12.1. The molecule has 0 aliphatic carbocycles. The van der Waals surface area contributed by atoms with Crippen LogP contribution in [0.15, 0.2) is 61.2 Å². The van der Waals surface area contributed by atoms with Gasteiger partial charge < -0.3 is 10.6 Å². The van der Waals surface area contributed by atoms with Crippen molar-refractivity contribution in [2.75, 3.05) is 17.6 Å². The van der Waals surface area contributed by atoms with Crippen molar-refractivity contribution in [1.82, 2.24) is 5.32 Å². The first-order valence-corrected chi connectivity index (χ1v) is 9.23. The van der Waals surface area contributed by atoms with Crippen LogP contribution in [0, 0.1) is 0 Å². The Hall–Kier alpha value is -2.24. The van der Waals surface area contributed by atoms with E-state index in [4.69, 9.17) is 11.6 Å². The number of rotatable bonds is 8. The molecule has 2 amide bonds. The summed E-state index contributed by atoms with van der Waals surface area (Å²) in [6.45, 7) is 3.94. The van der Waals surface area contributed by atoms with Crippen LogP contribution in [-0.2, 0) is 10.5 Å². The van der Waals surface area contributed by atoms with Crippen LogP contribution in [0.5, 0.6) is 0 Å². The SMILES string of the molecule is C=CCNC(=O)c1ccccc1NC(=O)CSCc1ccc(Cl)cc1. The van der Waals surface area contributed by atoms with Crippen molar-refractivity contribution < 1.29 is 9.59 Å². The molecular formula is C19H19ClN2O2S. The Kier molecular flexibility index (Phi) is 7.57. The van der Waals surface area contributed by atoms with Gasteiger partial charge in [0, 0.05) is 17.3 Å². The first kappa shape index (κ1) is 19.1. The maximum Gasteiger partial charge on any atom is 0.253 e. The third-order valence-electron chi connectivity index (χ3n) is 3.27. The molecule has 2 aromatic carbocycles. The number of nitrogens with one attached hydrogen (secondary N) is 2. The van der Waals surface area contributed by atoms with Crippen LogP contribution in [0.3, 0.4) is 0 Å². The van der Waals surface area contributed by atoms with Crippen molar-refractivity contribution in [3.8, 4) is 0 Å². The highest BCUT2D eigenvalue weighted by Gasteiger charge is 2.12. The van der Waals surface area contributed by atoms with Crippen molar-refractivity contribution in [3.05, 3.63) is 77.3 Å². The van der Waals surface area contributed by atoms with Crippen LogP contribution in [0.1, 0.15) is 15.9 Å². The molecule has 0 spiro atoms. The molecule has 0 radical (unpaired) electrons. The summed E-state index contributed by atoms with van der Waals surface area (Å²) in [5, 5.41) is 6.20. The average molecular weight is 375 g/mol. The van der Waals surface area contributed by atoms with E-state index in [2.05, 4.69) is 17.2 Å². The van der Waals surface area contributed by atoms with Gasteiger partial charge >= 0.3 is 0 Å². The summed E-state index contributed by atoms with van der Waals surface area (Å²) in [5.41, 5.74) is 2.04. The predicted octanol–water partition coefficient (Wildman–Crippen LogP) is 4.13. The number of para-hydroxylation sites is 1. The number of anilines is 1. The van der Waals surface area contributed by atoms with Crippen LogP contribution < -0.4 is 10.6 Å². The van der Waals surface area contributed by atoms with Crippen molar-refractivity contribution in [3.63, 3.8) is 0 Å². The van der Waals surface area contributed by atoms with Crippen molar-refractivity contribution in [1.29, 1.82) is 0 Å². The zero-order valence-corrected chi connectivity index (χ0v) is 15.2. The van der Waals surface area contributed by atoms with Gasteiger partial charge in [-0.15, -0.1) is 18.3 Å². The smallest absolute Gasteiger partial charge is 0.253 e. The highest BCUT2D eigenvalue weighted by molar-refractivity contribution is 7.99. The summed E-state index contributed by atoms with van der Waals surface area (Å²) in [4.78, 5) is 24.3. The minimum atomic E-state index is -0.246.